The van der Waals surface area contributed by atoms with Gasteiger partial charge >= 0.3 is 0 Å². The van der Waals surface area contributed by atoms with Crippen LogP contribution in [0.1, 0.15) is 32.6 Å². The first-order chi connectivity index (χ1) is 6.36. The van der Waals surface area contributed by atoms with Crippen LogP contribution in [0.15, 0.2) is 0 Å². The number of rotatable bonds is 8. The van der Waals surface area contributed by atoms with Gasteiger partial charge in [-0.1, -0.05) is 33.1 Å². The molecule has 0 bridgehead atoms. The van der Waals surface area contributed by atoms with E-state index in [-0.39, 0.29) is 0 Å². The molecule has 2 atom stereocenters. The molecule has 0 saturated carbocycles. The van der Waals surface area contributed by atoms with Gasteiger partial charge in [0.25, 0.3) is 0 Å². The van der Waals surface area contributed by atoms with Gasteiger partial charge < -0.3 is 9.47 Å². The third-order valence-corrected chi connectivity index (χ3v) is 2.50. The van der Waals surface area contributed by atoms with Crippen LogP contribution < -0.4 is 0 Å². The highest BCUT2D eigenvalue weighted by Gasteiger charge is 2.22. The van der Waals surface area contributed by atoms with Crippen molar-refractivity contribution in [2.75, 3.05) is 19.8 Å². The molecule has 1 aliphatic heterocycles. The molecule has 1 rings (SSSR count). The van der Waals surface area contributed by atoms with E-state index in [1.165, 1.54) is 19.3 Å². The maximum absolute atomic E-state index is 5.56. The molecule has 0 spiro atoms. The van der Waals surface area contributed by atoms with Crippen LogP contribution in [0.4, 0.5) is 0 Å². The van der Waals surface area contributed by atoms with E-state index in [1.54, 1.807) is 0 Å². The summed E-state index contributed by atoms with van der Waals surface area (Å²) in [5.74, 6) is 0.723. The SMILES string of the molecule is [CH2]CCCC(CC)COCC1CO1. The van der Waals surface area contributed by atoms with Crippen LogP contribution in [-0.4, -0.2) is 25.9 Å². The lowest BCUT2D eigenvalue weighted by atomic mass is 10.0. The van der Waals surface area contributed by atoms with Gasteiger partial charge in [-0.05, 0) is 12.3 Å². The number of hydrogen-bond donors (Lipinski definition) is 0. The predicted octanol–water partition coefficient (Wildman–Crippen LogP) is 2.43. The summed E-state index contributed by atoms with van der Waals surface area (Å²) in [5.41, 5.74) is 0. The van der Waals surface area contributed by atoms with Gasteiger partial charge in [0.2, 0.25) is 0 Å². The van der Waals surface area contributed by atoms with Crippen molar-refractivity contribution in [3.05, 3.63) is 6.92 Å². The van der Waals surface area contributed by atoms with Crippen LogP contribution in [0.5, 0.6) is 0 Å². The Morgan fingerprint density at radius 1 is 1.62 bits per heavy atom. The molecule has 1 aliphatic rings. The van der Waals surface area contributed by atoms with Crippen molar-refractivity contribution in [1.29, 1.82) is 0 Å². The first-order valence-corrected chi connectivity index (χ1v) is 5.35. The van der Waals surface area contributed by atoms with Crippen LogP contribution >= 0.6 is 0 Å². The molecule has 2 heteroatoms. The van der Waals surface area contributed by atoms with Gasteiger partial charge in [0.15, 0.2) is 0 Å². The van der Waals surface area contributed by atoms with Crippen molar-refractivity contribution in [2.24, 2.45) is 5.92 Å². The Hall–Kier alpha value is -0.0800. The third kappa shape index (κ3) is 5.27. The second-order valence-electron chi connectivity index (χ2n) is 3.76. The number of epoxide rings is 1. The molecular formula is C11H21O2. The van der Waals surface area contributed by atoms with Crippen LogP contribution in [0.2, 0.25) is 0 Å². The Kier molecular flexibility index (Phi) is 5.40. The normalized spacial score (nSPS) is 23.1. The smallest absolute Gasteiger partial charge is 0.104 e. The molecule has 2 unspecified atom stereocenters. The fourth-order valence-corrected chi connectivity index (χ4v) is 1.37. The summed E-state index contributed by atoms with van der Waals surface area (Å²) in [6, 6.07) is 0. The minimum atomic E-state index is 0.408. The zero-order chi connectivity index (χ0) is 9.52. The second kappa shape index (κ2) is 6.39. The van der Waals surface area contributed by atoms with Gasteiger partial charge in [0.05, 0.1) is 13.2 Å². The molecular weight excluding hydrogens is 164 g/mol. The third-order valence-electron chi connectivity index (χ3n) is 2.50. The topological polar surface area (TPSA) is 21.8 Å². The predicted molar refractivity (Wildman–Crippen MR) is 53.5 cm³/mol. The zero-order valence-electron chi connectivity index (χ0n) is 8.63. The summed E-state index contributed by atoms with van der Waals surface area (Å²) in [6.07, 6.45) is 5.14. The first-order valence-electron chi connectivity index (χ1n) is 5.35. The average Bonchev–Trinajstić information content (AvgIpc) is 2.94. The maximum Gasteiger partial charge on any atom is 0.104 e. The molecule has 0 aromatic carbocycles. The van der Waals surface area contributed by atoms with Crippen LogP contribution in [-0.2, 0) is 9.47 Å². The first kappa shape index (κ1) is 11.0. The molecule has 1 fully saturated rings. The Morgan fingerprint density at radius 3 is 2.92 bits per heavy atom. The van der Waals surface area contributed by atoms with E-state index < -0.39 is 0 Å². The van der Waals surface area contributed by atoms with Crippen molar-refractivity contribution in [3.8, 4) is 0 Å². The van der Waals surface area contributed by atoms with E-state index in [0.29, 0.717) is 6.10 Å². The molecule has 2 nitrogen and oxygen atoms in total. The average molecular weight is 185 g/mol. The number of unbranched alkanes of at least 4 members (excludes halogenated alkanes) is 1. The van der Waals surface area contributed by atoms with Crippen molar-refractivity contribution in [3.63, 3.8) is 0 Å². The molecule has 0 aromatic rings. The monoisotopic (exact) mass is 185 g/mol. The number of hydrogen-bond acceptors (Lipinski definition) is 2. The van der Waals surface area contributed by atoms with E-state index >= 15 is 0 Å². The molecule has 1 radical (unpaired) electrons. The summed E-state index contributed by atoms with van der Waals surface area (Å²) in [4.78, 5) is 0. The Labute approximate surface area is 81.6 Å². The van der Waals surface area contributed by atoms with Gasteiger partial charge in [-0.25, -0.2) is 0 Å². The van der Waals surface area contributed by atoms with E-state index in [2.05, 4.69) is 13.8 Å². The fourth-order valence-electron chi connectivity index (χ4n) is 1.37. The highest BCUT2D eigenvalue weighted by atomic mass is 16.6. The van der Waals surface area contributed by atoms with E-state index in [9.17, 15) is 0 Å². The van der Waals surface area contributed by atoms with Crippen molar-refractivity contribution >= 4 is 0 Å². The molecule has 77 valence electrons. The Morgan fingerprint density at radius 2 is 2.38 bits per heavy atom. The molecule has 0 aromatic heterocycles. The molecule has 1 heterocycles. The quantitative estimate of drug-likeness (QED) is 0.542. The molecule has 0 amide bonds. The highest BCUT2D eigenvalue weighted by molar-refractivity contribution is 4.67. The molecule has 0 aliphatic carbocycles. The van der Waals surface area contributed by atoms with Crippen molar-refractivity contribution in [1.82, 2.24) is 0 Å². The standard InChI is InChI=1S/C11H21O2/c1-3-5-6-10(4-2)7-12-8-11-9-13-11/h10-11H,1,3-9H2,2H3. The van der Waals surface area contributed by atoms with Gasteiger partial charge in [0, 0.05) is 6.61 Å². The van der Waals surface area contributed by atoms with Crippen LogP contribution in [0.25, 0.3) is 0 Å². The molecule has 13 heavy (non-hydrogen) atoms. The van der Waals surface area contributed by atoms with Crippen molar-refractivity contribution < 1.29 is 9.47 Å². The zero-order valence-corrected chi connectivity index (χ0v) is 8.63. The lowest BCUT2D eigenvalue weighted by Gasteiger charge is -2.13. The summed E-state index contributed by atoms with van der Waals surface area (Å²) in [5, 5.41) is 0. The summed E-state index contributed by atoms with van der Waals surface area (Å²) in [6.45, 7) is 8.67. The largest absolute Gasteiger partial charge is 0.378 e. The Bertz CT molecular complexity index is 121. The molecule has 1 saturated heterocycles. The summed E-state index contributed by atoms with van der Waals surface area (Å²) >= 11 is 0. The minimum Gasteiger partial charge on any atom is -0.378 e. The lowest BCUT2D eigenvalue weighted by molar-refractivity contribution is 0.0815. The Balaban J connectivity index is 1.93. The fraction of sp³-hybridized carbons (Fsp3) is 0.909. The summed E-state index contributed by atoms with van der Waals surface area (Å²) < 4.78 is 10.6. The van der Waals surface area contributed by atoms with E-state index in [1.807, 2.05) is 0 Å². The van der Waals surface area contributed by atoms with Gasteiger partial charge in [-0.2, -0.15) is 0 Å². The second-order valence-corrected chi connectivity index (χ2v) is 3.76. The molecule has 0 N–H and O–H groups in total. The van der Waals surface area contributed by atoms with E-state index in [4.69, 9.17) is 9.47 Å². The van der Waals surface area contributed by atoms with Gasteiger partial charge in [0.1, 0.15) is 6.10 Å². The highest BCUT2D eigenvalue weighted by Crippen LogP contribution is 2.14. The van der Waals surface area contributed by atoms with E-state index in [0.717, 1.165) is 32.2 Å². The van der Waals surface area contributed by atoms with Gasteiger partial charge in [-0.15, -0.1) is 0 Å². The maximum atomic E-state index is 5.56. The van der Waals surface area contributed by atoms with Crippen LogP contribution in [0.3, 0.4) is 0 Å². The van der Waals surface area contributed by atoms with Crippen LogP contribution in [0, 0.1) is 12.8 Å². The van der Waals surface area contributed by atoms with Crippen molar-refractivity contribution in [2.45, 2.75) is 38.7 Å². The minimum absolute atomic E-state index is 0.408. The number of ether oxygens (including phenoxy) is 2. The lowest BCUT2D eigenvalue weighted by Crippen LogP contribution is -2.11. The van der Waals surface area contributed by atoms with Gasteiger partial charge in [-0.3, -0.25) is 0 Å². The summed E-state index contributed by atoms with van der Waals surface area (Å²) in [7, 11) is 0.